The van der Waals surface area contributed by atoms with E-state index in [0.29, 0.717) is 28.5 Å². The van der Waals surface area contributed by atoms with Crippen molar-refractivity contribution in [1.82, 2.24) is 4.98 Å². The van der Waals surface area contributed by atoms with E-state index in [1.54, 1.807) is 17.5 Å². The maximum Gasteiger partial charge on any atom is 0.346 e. The van der Waals surface area contributed by atoms with Crippen LogP contribution < -0.4 is 9.47 Å². The zero-order chi connectivity index (χ0) is 19.3. The molecular formula is C22H17NO4S. The SMILES string of the molecule is O=C(O)c1sccc1COc1cccc(OCc2ccc3ccccc3n2)c1. The zero-order valence-electron chi connectivity index (χ0n) is 14.9. The van der Waals surface area contributed by atoms with E-state index in [1.807, 2.05) is 54.6 Å². The quantitative estimate of drug-likeness (QED) is 0.472. The molecule has 0 aliphatic rings. The number of fused-ring (bicyclic) bond motifs is 1. The third-order valence-corrected chi connectivity index (χ3v) is 5.13. The van der Waals surface area contributed by atoms with Gasteiger partial charge in [-0.15, -0.1) is 11.3 Å². The third-order valence-electron chi connectivity index (χ3n) is 4.18. The molecule has 0 aliphatic carbocycles. The molecule has 0 saturated heterocycles. The minimum Gasteiger partial charge on any atom is -0.489 e. The number of para-hydroxylation sites is 1. The molecular weight excluding hydrogens is 374 g/mol. The first-order valence-electron chi connectivity index (χ1n) is 8.69. The minimum absolute atomic E-state index is 0.195. The fourth-order valence-electron chi connectivity index (χ4n) is 2.80. The molecule has 2 aromatic heterocycles. The van der Waals surface area contributed by atoms with E-state index in [1.165, 1.54) is 11.3 Å². The summed E-state index contributed by atoms with van der Waals surface area (Å²) in [5.74, 6) is 0.344. The van der Waals surface area contributed by atoms with Crippen LogP contribution in [0.25, 0.3) is 10.9 Å². The lowest BCUT2D eigenvalue weighted by atomic mass is 10.2. The topological polar surface area (TPSA) is 68.7 Å². The summed E-state index contributed by atoms with van der Waals surface area (Å²) in [5.41, 5.74) is 2.43. The molecule has 0 bridgehead atoms. The second-order valence-corrected chi connectivity index (χ2v) is 7.04. The fraction of sp³-hybridized carbons (Fsp3) is 0.0909. The number of carbonyl (C=O) groups is 1. The Morgan fingerprint density at radius 3 is 2.54 bits per heavy atom. The van der Waals surface area contributed by atoms with Gasteiger partial charge in [0.2, 0.25) is 0 Å². The highest BCUT2D eigenvalue weighted by Crippen LogP contribution is 2.23. The maximum absolute atomic E-state index is 11.2. The Morgan fingerprint density at radius 1 is 0.929 bits per heavy atom. The Hall–Kier alpha value is -3.38. The van der Waals surface area contributed by atoms with E-state index >= 15 is 0 Å². The van der Waals surface area contributed by atoms with Crippen LogP contribution in [-0.2, 0) is 13.2 Å². The average Bonchev–Trinajstić information content (AvgIpc) is 3.20. The number of aromatic nitrogens is 1. The molecule has 2 heterocycles. The standard InChI is InChI=1S/C22H17NO4S/c24-22(25)21-16(10-11-28-21)13-26-18-5-3-6-19(12-18)27-14-17-9-8-15-4-1-2-7-20(15)23-17/h1-12H,13-14H2,(H,24,25). The second-order valence-electron chi connectivity index (χ2n) is 6.13. The monoisotopic (exact) mass is 391 g/mol. The summed E-state index contributed by atoms with van der Waals surface area (Å²) < 4.78 is 11.6. The van der Waals surface area contributed by atoms with Crippen LogP contribution in [0.3, 0.4) is 0 Å². The van der Waals surface area contributed by atoms with E-state index in [9.17, 15) is 4.79 Å². The van der Waals surface area contributed by atoms with Crippen LogP contribution in [0.2, 0.25) is 0 Å². The Kier molecular flexibility index (Phi) is 5.21. The van der Waals surface area contributed by atoms with Gasteiger partial charge in [0.1, 0.15) is 29.6 Å². The fourth-order valence-corrected chi connectivity index (χ4v) is 3.55. The molecule has 0 spiro atoms. The van der Waals surface area contributed by atoms with E-state index in [-0.39, 0.29) is 6.61 Å². The van der Waals surface area contributed by atoms with Gasteiger partial charge in [0.05, 0.1) is 11.2 Å². The minimum atomic E-state index is -0.937. The van der Waals surface area contributed by atoms with Gasteiger partial charge < -0.3 is 14.6 Å². The number of benzene rings is 2. The molecule has 0 saturated carbocycles. The summed E-state index contributed by atoms with van der Waals surface area (Å²) in [7, 11) is 0. The van der Waals surface area contributed by atoms with E-state index < -0.39 is 5.97 Å². The van der Waals surface area contributed by atoms with Crippen molar-refractivity contribution in [2.24, 2.45) is 0 Å². The highest BCUT2D eigenvalue weighted by Gasteiger charge is 2.12. The van der Waals surface area contributed by atoms with Crippen molar-refractivity contribution in [2.75, 3.05) is 0 Å². The van der Waals surface area contributed by atoms with Crippen molar-refractivity contribution < 1.29 is 19.4 Å². The van der Waals surface area contributed by atoms with Crippen molar-refractivity contribution >= 4 is 28.2 Å². The molecule has 5 nitrogen and oxygen atoms in total. The number of carboxylic acids is 1. The highest BCUT2D eigenvalue weighted by molar-refractivity contribution is 7.12. The number of thiophene rings is 1. The number of nitrogens with zero attached hydrogens (tertiary/aromatic N) is 1. The molecule has 6 heteroatoms. The van der Waals surface area contributed by atoms with Crippen LogP contribution in [0.4, 0.5) is 0 Å². The second kappa shape index (κ2) is 8.10. The molecule has 0 fully saturated rings. The van der Waals surface area contributed by atoms with Crippen LogP contribution in [0.5, 0.6) is 11.5 Å². The summed E-state index contributed by atoms with van der Waals surface area (Å²) >= 11 is 1.19. The number of carboxylic acid groups (broad SMARTS) is 1. The number of pyridine rings is 1. The van der Waals surface area contributed by atoms with Crippen molar-refractivity contribution in [3.63, 3.8) is 0 Å². The Balaban J connectivity index is 1.40. The first-order valence-corrected chi connectivity index (χ1v) is 9.57. The average molecular weight is 391 g/mol. The van der Waals surface area contributed by atoms with Crippen LogP contribution in [0.1, 0.15) is 20.9 Å². The van der Waals surface area contributed by atoms with Gasteiger partial charge in [-0.3, -0.25) is 0 Å². The molecule has 0 aliphatic heterocycles. The van der Waals surface area contributed by atoms with Gasteiger partial charge in [0.25, 0.3) is 0 Å². The van der Waals surface area contributed by atoms with E-state index in [2.05, 4.69) is 4.98 Å². The zero-order valence-corrected chi connectivity index (χ0v) is 15.7. The molecule has 2 aromatic carbocycles. The summed E-state index contributed by atoms with van der Waals surface area (Å²) in [5, 5.41) is 12.0. The third kappa shape index (κ3) is 4.13. The molecule has 0 amide bonds. The maximum atomic E-state index is 11.2. The first kappa shape index (κ1) is 18.0. The Morgan fingerprint density at radius 2 is 1.71 bits per heavy atom. The summed E-state index contributed by atoms with van der Waals surface area (Å²) in [6.07, 6.45) is 0. The van der Waals surface area contributed by atoms with Crippen molar-refractivity contribution in [3.05, 3.63) is 88.2 Å². The van der Waals surface area contributed by atoms with E-state index in [0.717, 1.165) is 16.6 Å². The Labute approximate surface area is 165 Å². The predicted molar refractivity (Wildman–Crippen MR) is 108 cm³/mol. The summed E-state index contributed by atoms with van der Waals surface area (Å²) in [6.45, 7) is 0.544. The van der Waals surface area contributed by atoms with Crippen LogP contribution in [0.15, 0.2) is 72.1 Å². The number of hydrogen-bond donors (Lipinski definition) is 1. The first-order chi connectivity index (χ1) is 13.7. The van der Waals surface area contributed by atoms with Crippen LogP contribution in [-0.4, -0.2) is 16.1 Å². The molecule has 28 heavy (non-hydrogen) atoms. The van der Waals surface area contributed by atoms with E-state index in [4.69, 9.17) is 14.6 Å². The molecule has 0 unspecified atom stereocenters. The molecule has 1 N–H and O–H groups in total. The number of rotatable bonds is 7. The van der Waals surface area contributed by atoms with Gasteiger partial charge in [-0.25, -0.2) is 9.78 Å². The largest absolute Gasteiger partial charge is 0.489 e. The summed E-state index contributed by atoms with van der Waals surface area (Å²) in [6, 6.07) is 21.0. The van der Waals surface area contributed by atoms with Crippen molar-refractivity contribution in [2.45, 2.75) is 13.2 Å². The molecule has 4 aromatic rings. The number of aromatic carboxylic acids is 1. The van der Waals surface area contributed by atoms with Gasteiger partial charge in [-0.2, -0.15) is 0 Å². The van der Waals surface area contributed by atoms with Crippen LogP contribution in [0, 0.1) is 0 Å². The molecule has 0 radical (unpaired) electrons. The lowest BCUT2D eigenvalue weighted by molar-refractivity contribution is 0.0699. The van der Waals surface area contributed by atoms with Crippen molar-refractivity contribution in [1.29, 1.82) is 0 Å². The lowest BCUT2D eigenvalue weighted by Gasteiger charge is -2.10. The highest BCUT2D eigenvalue weighted by atomic mass is 32.1. The number of hydrogen-bond acceptors (Lipinski definition) is 5. The van der Waals surface area contributed by atoms with Gasteiger partial charge >= 0.3 is 5.97 Å². The molecule has 0 atom stereocenters. The van der Waals surface area contributed by atoms with Gasteiger partial charge in [-0.1, -0.05) is 30.3 Å². The van der Waals surface area contributed by atoms with Gasteiger partial charge in [0.15, 0.2) is 0 Å². The van der Waals surface area contributed by atoms with Crippen LogP contribution >= 0.6 is 11.3 Å². The van der Waals surface area contributed by atoms with Gasteiger partial charge in [-0.05, 0) is 35.7 Å². The summed E-state index contributed by atoms with van der Waals surface area (Å²) in [4.78, 5) is 16.1. The lowest BCUT2D eigenvalue weighted by Crippen LogP contribution is -2.02. The number of ether oxygens (including phenoxy) is 2. The van der Waals surface area contributed by atoms with Crippen molar-refractivity contribution in [3.8, 4) is 11.5 Å². The Bertz CT molecular complexity index is 1120. The van der Waals surface area contributed by atoms with Gasteiger partial charge in [0, 0.05) is 17.0 Å². The predicted octanol–water partition coefficient (Wildman–Crippen LogP) is 5.15. The molecule has 4 rings (SSSR count). The molecule has 140 valence electrons. The smallest absolute Gasteiger partial charge is 0.346 e. The normalized spacial score (nSPS) is 10.7.